The van der Waals surface area contributed by atoms with Crippen molar-refractivity contribution in [2.24, 2.45) is 5.41 Å². The Balaban J connectivity index is 2.70. The Labute approximate surface area is 114 Å². The molecule has 19 heavy (non-hydrogen) atoms. The Morgan fingerprint density at radius 2 is 2.00 bits per heavy atom. The maximum atomic E-state index is 12.2. The van der Waals surface area contributed by atoms with Gasteiger partial charge in [0.15, 0.2) is 0 Å². The fourth-order valence-electron chi connectivity index (χ4n) is 2.47. The average Bonchev–Trinajstić information content (AvgIpc) is 2.25. The van der Waals surface area contributed by atoms with E-state index in [0.717, 1.165) is 0 Å². The topological polar surface area (TPSA) is 81.1 Å². The summed E-state index contributed by atoms with van der Waals surface area (Å²) in [4.78, 5) is 26.5. The third kappa shape index (κ3) is 4.09. The number of likely N-dealkylation sites (N-methyl/N-ethyl adjacent to an activating group) is 1. The summed E-state index contributed by atoms with van der Waals surface area (Å²) in [7, 11) is 1.62. The van der Waals surface area contributed by atoms with Gasteiger partial charge < -0.3 is 20.0 Å². The minimum Gasteiger partial charge on any atom is -0.481 e. The van der Waals surface area contributed by atoms with Crippen molar-refractivity contribution in [1.29, 1.82) is 0 Å². The van der Waals surface area contributed by atoms with Gasteiger partial charge in [0.25, 0.3) is 0 Å². The second-order valence-electron chi connectivity index (χ2n) is 6.34. The molecule has 1 rings (SSSR count). The second kappa shape index (κ2) is 5.36. The first-order chi connectivity index (χ1) is 8.55. The molecule has 2 N–H and O–H groups in total. The van der Waals surface area contributed by atoms with Crippen LogP contribution < -0.4 is 0 Å². The zero-order chi connectivity index (χ0) is 14.8. The largest absolute Gasteiger partial charge is 0.481 e. The summed E-state index contributed by atoms with van der Waals surface area (Å²) >= 11 is 0. The number of urea groups is 1. The summed E-state index contributed by atoms with van der Waals surface area (Å²) in [6.07, 6.45) is 1.27. The van der Waals surface area contributed by atoms with Crippen molar-refractivity contribution in [2.45, 2.75) is 39.2 Å². The summed E-state index contributed by atoms with van der Waals surface area (Å²) in [5.74, 6) is -0.866. The number of carbonyl (C=O) groups excluding carboxylic acids is 1. The molecular weight excluding hydrogens is 248 g/mol. The van der Waals surface area contributed by atoms with Gasteiger partial charge in [-0.2, -0.15) is 0 Å². The van der Waals surface area contributed by atoms with E-state index in [2.05, 4.69) is 0 Å². The third-order valence-electron chi connectivity index (χ3n) is 3.43. The van der Waals surface area contributed by atoms with Crippen molar-refractivity contribution >= 4 is 12.0 Å². The van der Waals surface area contributed by atoms with Gasteiger partial charge in [-0.25, -0.2) is 4.79 Å². The van der Waals surface area contributed by atoms with Gasteiger partial charge in [-0.3, -0.25) is 4.79 Å². The molecule has 0 aromatic heterocycles. The standard InChI is InChI=1S/C13H24N2O4/c1-12(2,19)8-14(4)11(18)15-7-5-6-13(3,9-15)10(16)17/h19H,5-9H2,1-4H3,(H,16,17). The molecule has 1 heterocycles. The van der Waals surface area contributed by atoms with Gasteiger partial charge >= 0.3 is 12.0 Å². The van der Waals surface area contributed by atoms with Crippen molar-refractivity contribution in [3.63, 3.8) is 0 Å². The van der Waals surface area contributed by atoms with E-state index in [9.17, 15) is 19.8 Å². The summed E-state index contributed by atoms with van der Waals surface area (Å²) in [5.41, 5.74) is -1.83. The van der Waals surface area contributed by atoms with Gasteiger partial charge in [0.2, 0.25) is 0 Å². The highest BCUT2D eigenvalue weighted by molar-refractivity contribution is 5.78. The Hall–Kier alpha value is -1.30. The molecule has 110 valence electrons. The van der Waals surface area contributed by atoms with Gasteiger partial charge in [0.05, 0.1) is 17.6 Å². The lowest BCUT2D eigenvalue weighted by Gasteiger charge is -2.39. The number of carboxylic acids is 1. The van der Waals surface area contributed by atoms with Gasteiger partial charge in [0, 0.05) is 20.1 Å². The number of rotatable bonds is 3. The number of aliphatic carboxylic acids is 1. The number of piperidine rings is 1. The molecule has 1 saturated heterocycles. The van der Waals surface area contributed by atoms with E-state index in [1.165, 1.54) is 4.90 Å². The number of hydrogen-bond donors (Lipinski definition) is 2. The monoisotopic (exact) mass is 272 g/mol. The van der Waals surface area contributed by atoms with Gasteiger partial charge in [-0.05, 0) is 33.6 Å². The Kier molecular flexibility index (Phi) is 4.45. The van der Waals surface area contributed by atoms with E-state index in [0.29, 0.717) is 19.4 Å². The van der Waals surface area contributed by atoms with E-state index in [1.807, 2.05) is 0 Å². The zero-order valence-corrected chi connectivity index (χ0v) is 12.1. The molecule has 0 saturated carbocycles. The average molecular weight is 272 g/mol. The Morgan fingerprint density at radius 1 is 1.42 bits per heavy atom. The molecule has 1 aliphatic rings. The predicted molar refractivity (Wildman–Crippen MR) is 70.9 cm³/mol. The van der Waals surface area contributed by atoms with Crippen LogP contribution in [0.3, 0.4) is 0 Å². The maximum Gasteiger partial charge on any atom is 0.319 e. The van der Waals surface area contributed by atoms with E-state index in [1.54, 1.807) is 32.7 Å². The highest BCUT2D eigenvalue weighted by Crippen LogP contribution is 2.30. The molecule has 0 aromatic carbocycles. The Morgan fingerprint density at radius 3 is 2.47 bits per heavy atom. The van der Waals surface area contributed by atoms with Crippen LogP contribution >= 0.6 is 0 Å². The predicted octanol–water partition coefficient (Wildman–Crippen LogP) is 0.996. The smallest absolute Gasteiger partial charge is 0.319 e. The molecule has 0 aromatic rings. The number of likely N-dealkylation sites (tertiary alicyclic amines) is 1. The lowest BCUT2D eigenvalue weighted by molar-refractivity contribution is -0.150. The molecule has 0 bridgehead atoms. The van der Waals surface area contributed by atoms with Crippen molar-refractivity contribution in [1.82, 2.24) is 9.80 Å². The van der Waals surface area contributed by atoms with E-state index < -0.39 is 17.0 Å². The van der Waals surface area contributed by atoms with Crippen LogP contribution in [0, 0.1) is 5.41 Å². The molecule has 0 spiro atoms. The van der Waals surface area contributed by atoms with Crippen molar-refractivity contribution in [2.75, 3.05) is 26.7 Å². The quantitative estimate of drug-likeness (QED) is 0.803. The molecule has 1 aliphatic heterocycles. The van der Waals surface area contributed by atoms with E-state index in [-0.39, 0.29) is 19.1 Å². The molecule has 0 aliphatic carbocycles. The Bertz CT molecular complexity index is 364. The van der Waals surface area contributed by atoms with Gasteiger partial charge in [0.1, 0.15) is 0 Å². The molecule has 1 atom stereocenters. The van der Waals surface area contributed by atoms with Crippen LogP contribution in [0.15, 0.2) is 0 Å². The molecule has 2 amide bonds. The first kappa shape index (κ1) is 15.8. The molecule has 6 heteroatoms. The molecular formula is C13H24N2O4. The van der Waals surface area contributed by atoms with E-state index >= 15 is 0 Å². The number of carbonyl (C=O) groups is 2. The number of aliphatic hydroxyl groups is 1. The summed E-state index contributed by atoms with van der Waals surface area (Å²) in [5, 5.41) is 19.0. The van der Waals surface area contributed by atoms with Crippen LogP contribution in [0.4, 0.5) is 4.79 Å². The minimum atomic E-state index is -0.962. The molecule has 1 fully saturated rings. The van der Waals surface area contributed by atoms with Crippen molar-refractivity contribution in [3.05, 3.63) is 0 Å². The lowest BCUT2D eigenvalue weighted by Crippen LogP contribution is -2.53. The van der Waals surface area contributed by atoms with Crippen LogP contribution in [0.2, 0.25) is 0 Å². The van der Waals surface area contributed by atoms with Crippen LogP contribution in [-0.2, 0) is 4.79 Å². The number of hydrogen-bond acceptors (Lipinski definition) is 3. The van der Waals surface area contributed by atoms with Gasteiger partial charge in [-0.1, -0.05) is 0 Å². The van der Waals surface area contributed by atoms with Crippen LogP contribution in [0.5, 0.6) is 0 Å². The maximum absolute atomic E-state index is 12.2. The van der Waals surface area contributed by atoms with Gasteiger partial charge in [-0.15, -0.1) is 0 Å². The fraction of sp³-hybridized carbons (Fsp3) is 0.846. The number of amides is 2. The normalized spacial score (nSPS) is 24.2. The van der Waals surface area contributed by atoms with Crippen molar-refractivity contribution < 1.29 is 19.8 Å². The minimum absolute atomic E-state index is 0.214. The lowest BCUT2D eigenvalue weighted by atomic mass is 9.82. The number of carboxylic acid groups (broad SMARTS) is 1. The summed E-state index contributed by atoms with van der Waals surface area (Å²) in [6.45, 7) is 5.94. The van der Waals surface area contributed by atoms with Crippen molar-refractivity contribution in [3.8, 4) is 0 Å². The fourth-order valence-corrected chi connectivity index (χ4v) is 2.47. The summed E-state index contributed by atoms with van der Waals surface area (Å²) < 4.78 is 0. The van der Waals surface area contributed by atoms with Crippen LogP contribution in [-0.4, -0.2) is 64.3 Å². The highest BCUT2D eigenvalue weighted by atomic mass is 16.4. The van der Waals surface area contributed by atoms with E-state index in [4.69, 9.17) is 0 Å². The first-order valence-corrected chi connectivity index (χ1v) is 6.51. The molecule has 6 nitrogen and oxygen atoms in total. The zero-order valence-electron chi connectivity index (χ0n) is 12.1. The SMILES string of the molecule is CN(CC(C)(C)O)C(=O)N1CCCC(C)(C(=O)O)C1. The molecule has 0 radical (unpaired) electrons. The second-order valence-corrected chi connectivity index (χ2v) is 6.34. The van der Waals surface area contributed by atoms with Crippen LogP contribution in [0.25, 0.3) is 0 Å². The van der Waals surface area contributed by atoms with Crippen LogP contribution in [0.1, 0.15) is 33.6 Å². The number of nitrogens with zero attached hydrogens (tertiary/aromatic N) is 2. The summed E-state index contributed by atoms with van der Waals surface area (Å²) in [6, 6.07) is -0.227. The third-order valence-corrected chi connectivity index (χ3v) is 3.43. The molecule has 1 unspecified atom stereocenters. The highest BCUT2D eigenvalue weighted by Gasteiger charge is 2.40. The first-order valence-electron chi connectivity index (χ1n) is 6.51.